The molecule has 1 N–H and O–H groups in total. The smallest absolute Gasteiger partial charge is 0.119 e. The van der Waals surface area contributed by atoms with Gasteiger partial charge in [0.1, 0.15) is 5.75 Å². The molecule has 0 saturated heterocycles. The van der Waals surface area contributed by atoms with E-state index in [0.717, 1.165) is 35.7 Å². The van der Waals surface area contributed by atoms with Gasteiger partial charge < -0.3 is 10.1 Å². The summed E-state index contributed by atoms with van der Waals surface area (Å²) in [6, 6.07) is 6.00. The highest BCUT2D eigenvalue weighted by atomic mass is 16.5. The van der Waals surface area contributed by atoms with E-state index >= 15 is 0 Å². The number of methoxy groups -OCH3 is 1. The predicted molar refractivity (Wildman–Crippen MR) is 71.4 cm³/mol. The van der Waals surface area contributed by atoms with Gasteiger partial charge in [-0.2, -0.15) is 0 Å². The maximum absolute atomic E-state index is 5.26. The van der Waals surface area contributed by atoms with Gasteiger partial charge in [0, 0.05) is 24.5 Å². The second-order valence-corrected chi connectivity index (χ2v) is 3.89. The minimum Gasteiger partial charge on any atom is -0.497 e. The summed E-state index contributed by atoms with van der Waals surface area (Å²) in [5.41, 5.74) is 3.13. The zero-order chi connectivity index (χ0) is 12.8. The van der Waals surface area contributed by atoms with E-state index in [1.807, 2.05) is 18.2 Å². The molecule has 1 aromatic heterocycles. The Balaban J connectivity index is 2.39. The fourth-order valence-electron chi connectivity index (χ4n) is 1.79. The van der Waals surface area contributed by atoms with Crippen LogP contribution in [0, 0.1) is 0 Å². The monoisotopic (exact) mass is 243 g/mol. The van der Waals surface area contributed by atoms with Crippen LogP contribution in [0.15, 0.2) is 36.8 Å². The number of hydrogen-bond acceptors (Lipinski definition) is 4. The molecule has 0 amide bonds. The maximum atomic E-state index is 5.26. The van der Waals surface area contributed by atoms with Crippen LogP contribution in [0.5, 0.6) is 5.75 Å². The fourth-order valence-corrected chi connectivity index (χ4v) is 1.79. The van der Waals surface area contributed by atoms with Gasteiger partial charge in [-0.05, 0) is 30.3 Å². The molecule has 4 heteroatoms. The lowest BCUT2D eigenvalue weighted by Gasteiger charge is -2.11. The minimum atomic E-state index is 0.791. The van der Waals surface area contributed by atoms with Gasteiger partial charge in [-0.3, -0.25) is 9.97 Å². The molecule has 0 aliphatic carbocycles. The molecule has 0 aliphatic rings. The van der Waals surface area contributed by atoms with Gasteiger partial charge in [0.15, 0.2) is 0 Å². The zero-order valence-electron chi connectivity index (χ0n) is 10.7. The van der Waals surface area contributed by atoms with Gasteiger partial charge in [0.05, 0.1) is 19.0 Å². The summed E-state index contributed by atoms with van der Waals surface area (Å²) in [7, 11) is 1.67. The Hall–Kier alpha value is -1.94. The van der Waals surface area contributed by atoms with Gasteiger partial charge in [-0.1, -0.05) is 6.92 Å². The van der Waals surface area contributed by atoms with Gasteiger partial charge in [0.2, 0.25) is 0 Å². The van der Waals surface area contributed by atoms with Crippen molar-refractivity contribution < 1.29 is 4.74 Å². The number of rotatable bonds is 5. The van der Waals surface area contributed by atoms with Crippen molar-refractivity contribution in [1.29, 1.82) is 0 Å². The molecular formula is C14H17N3O. The molecule has 0 radical (unpaired) electrons. The highest BCUT2D eigenvalue weighted by molar-refractivity contribution is 5.64. The van der Waals surface area contributed by atoms with Crippen molar-refractivity contribution in [2.45, 2.75) is 13.5 Å². The summed E-state index contributed by atoms with van der Waals surface area (Å²) in [5.74, 6) is 0.857. The predicted octanol–water partition coefficient (Wildman–Crippen LogP) is 2.26. The Bertz CT molecular complexity index is 500. The highest BCUT2D eigenvalue weighted by Gasteiger charge is 2.07. The van der Waals surface area contributed by atoms with Gasteiger partial charge in [0.25, 0.3) is 0 Å². The number of benzene rings is 1. The molecule has 0 aliphatic heterocycles. The number of nitrogens with one attached hydrogen (secondary N) is 1. The van der Waals surface area contributed by atoms with Crippen LogP contribution in [0.1, 0.15) is 12.5 Å². The Morgan fingerprint density at radius 3 is 2.83 bits per heavy atom. The summed E-state index contributed by atoms with van der Waals surface area (Å²) >= 11 is 0. The second kappa shape index (κ2) is 6.12. The highest BCUT2D eigenvalue weighted by Crippen LogP contribution is 2.25. The summed E-state index contributed by atoms with van der Waals surface area (Å²) in [6.07, 6.45) is 5.16. The third-order valence-corrected chi connectivity index (χ3v) is 2.72. The van der Waals surface area contributed by atoms with E-state index in [0.29, 0.717) is 0 Å². The first-order valence-corrected chi connectivity index (χ1v) is 5.99. The van der Waals surface area contributed by atoms with E-state index < -0.39 is 0 Å². The largest absolute Gasteiger partial charge is 0.497 e. The van der Waals surface area contributed by atoms with Crippen molar-refractivity contribution >= 4 is 0 Å². The lowest BCUT2D eigenvalue weighted by molar-refractivity contribution is 0.414. The van der Waals surface area contributed by atoms with Crippen molar-refractivity contribution in [2.24, 2.45) is 0 Å². The van der Waals surface area contributed by atoms with Crippen LogP contribution in [-0.2, 0) is 6.54 Å². The quantitative estimate of drug-likeness (QED) is 0.875. The minimum absolute atomic E-state index is 0.791. The second-order valence-electron chi connectivity index (χ2n) is 3.89. The average molecular weight is 243 g/mol. The molecule has 1 aromatic carbocycles. The summed E-state index contributed by atoms with van der Waals surface area (Å²) in [4.78, 5) is 8.45. The molecular weight excluding hydrogens is 226 g/mol. The third kappa shape index (κ3) is 2.84. The van der Waals surface area contributed by atoms with E-state index in [-0.39, 0.29) is 0 Å². The summed E-state index contributed by atoms with van der Waals surface area (Å²) in [5, 5.41) is 3.32. The van der Waals surface area contributed by atoms with Crippen molar-refractivity contribution in [1.82, 2.24) is 15.3 Å². The summed E-state index contributed by atoms with van der Waals surface area (Å²) < 4.78 is 5.26. The molecule has 2 rings (SSSR count). The molecule has 0 fully saturated rings. The van der Waals surface area contributed by atoms with Gasteiger partial charge >= 0.3 is 0 Å². The molecule has 18 heavy (non-hydrogen) atoms. The molecule has 0 saturated carbocycles. The molecule has 0 unspecified atom stereocenters. The third-order valence-electron chi connectivity index (χ3n) is 2.72. The molecule has 94 valence electrons. The average Bonchev–Trinajstić information content (AvgIpc) is 2.45. The van der Waals surface area contributed by atoms with Crippen LogP contribution in [-0.4, -0.2) is 23.6 Å². The van der Waals surface area contributed by atoms with Crippen molar-refractivity contribution in [3.05, 3.63) is 42.4 Å². The molecule has 4 nitrogen and oxygen atoms in total. The fraction of sp³-hybridized carbons (Fsp3) is 0.286. The Kier molecular flexibility index (Phi) is 4.25. The molecule has 0 bridgehead atoms. The first-order valence-electron chi connectivity index (χ1n) is 5.99. The maximum Gasteiger partial charge on any atom is 0.119 e. The first-order chi connectivity index (χ1) is 8.85. The van der Waals surface area contributed by atoms with E-state index in [4.69, 9.17) is 4.74 Å². The molecule has 0 spiro atoms. The van der Waals surface area contributed by atoms with Crippen LogP contribution in [0.25, 0.3) is 11.3 Å². The lowest BCUT2D eigenvalue weighted by Crippen LogP contribution is -2.12. The Morgan fingerprint density at radius 1 is 1.28 bits per heavy atom. The number of nitrogens with zero attached hydrogens (tertiary/aromatic N) is 2. The zero-order valence-corrected chi connectivity index (χ0v) is 10.7. The van der Waals surface area contributed by atoms with E-state index in [1.165, 1.54) is 0 Å². The molecule has 0 atom stereocenters. The van der Waals surface area contributed by atoms with Gasteiger partial charge in [-0.15, -0.1) is 0 Å². The first kappa shape index (κ1) is 12.5. The number of aromatic nitrogens is 2. The lowest BCUT2D eigenvalue weighted by atomic mass is 10.0. The molecule has 2 aromatic rings. The Morgan fingerprint density at radius 2 is 2.17 bits per heavy atom. The van der Waals surface area contributed by atoms with Crippen LogP contribution in [0.2, 0.25) is 0 Å². The molecule has 1 heterocycles. The number of ether oxygens (including phenoxy) is 1. The van der Waals surface area contributed by atoms with Gasteiger partial charge in [-0.25, -0.2) is 0 Å². The van der Waals surface area contributed by atoms with Crippen LogP contribution in [0.3, 0.4) is 0 Å². The van der Waals surface area contributed by atoms with Crippen molar-refractivity contribution in [2.75, 3.05) is 13.7 Å². The SMILES string of the molecule is CCNCc1cc(OC)ccc1-c1cnccn1. The normalized spacial score (nSPS) is 10.3. The standard InChI is InChI=1S/C14H17N3O/c1-3-15-9-11-8-12(18-2)4-5-13(11)14-10-16-6-7-17-14/h4-8,10,15H,3,9H2,1-2H3. The van der Waals surface area contributed by atoms with Crippen LogP contribution in [0.4, 0.5) is 0 Å². The van der Waals surface area contributed by atoms with Crippen LogP contribution >= 0.6 is 0 Å². The van der Waals surface area contributed by atoms with Crippen LogP contribution < -0.4 is 10.1 Å². The van der Waals surface area contributed by atoms with E-state index in [9.17, 15) is 0 Å². The Labute approximate surface area is 107 Å². The summed E-state index contributed by atoms with van der Waals surface area (Å²) in [6.45, 7) is 3.80. The van der Waals surface area contributed by atoms with Crippen molar-refractivity contribution in [3.8, 4) is 17.0 Å². The topological polar surface area (TPSA) is 47.0 Å². The van der Waals surface area contributed by atoms with Crippen molar-refractivity contribution in [3.63, 3.8) is 0 Å². The van der Waals surface area contributed by atoms with E-state index in [1.54, 1.807) is 25.7 Å². The van der Waals surface area contributed by atoms with E-state index in [2.05, 4.69) is 22.2 Å². The number of hydrogen-bond donors (Lipinski definition) is 1.